The number of halogens is 1. The largest absolute Gasteiger partial charge is 0.491 e. The lowest BCUT2D eigenvalue weighted by Crippen LogP contribution is -2.32. The number of ether oxygens (including phenoxy) is 3. The van der Waals surface area contributed by atoms with Crippen molar-refractivity contribution in [3.8, 4) is 22.7 Å². The minimum absolute atomic E-state index is 0.0280. The van der Waals surface area contributed by atoms with Crippen molar-refractivity contribution in [2.24, 2.45) is 0 Å². The molecule has 0 aliphatic carbocycles. The summed E-state index contributed by atoms with van der Waals surface area (Å²) in [5, 5.41) is 8.15. The smallest absolute Gasteiger partial charge is 0.337 e. The van der Waals surface area contributed by atoms with Gasteiger partial charge >= 0.3 is 11.9 Å². The van der Waals surface area contributed by atoms with Crippen LogP contribution in [0.1, 0.15) is 49.8 Å². The van der Waals surface area contributed by atoms with Crippen LogP contribution in [0.4, 0.5) is 4.39 Å². The fourth-order valence-corrected chi connectivity index (χ4v) is 5.96. The van der Waals surface area contributed by atoms with E-state index in [2.05, 4.69) is 5.32 Å². The number of carbonyl (C=O) groups is 2. The number of hydrogen-bond donors (Lipinski definition) is 1. The van der Waals surface area contributed by atoms with E-state index in [9.17, 15) is 9.59 Å². The fourth-order valence-electron chi connectivity index (χ4n) is 5.96. The first-order chi connectivity index (χ1) is 24.3. The Kier molecular flexibility index (Phi) is 10.5. The summed E-state index contributed by atoms with van der Waals surface area (Å²) in [7, 11) is 0. The van der Waals surface area contributed by atoms with Crippen molar-refractivity contribution in [2.75, 3.05) is 6.61 Å². The normalized spacial score (nSPS) is 13.2. The van der Waals surface area contributed by atoms with Gasteiger partial charge in [-0.15, -0.1) is 0 Å². The molecular formula is C41H38FN3O5. The number of rotatable bonds is 12. The Morgan fingerprint density at radius 3 is 1.84 bits per heavy atom. The van der Waals surface area contributed by atoms with Gasteiger partial charge in [-0.3, -0.25) is 0 Å². The molecule has 6 rings (SSSR count). The number of hydrogen-bond acceptors (Lipinski definition) is 7. The minimum atomic E-state index is -0.977. The third-order valence-corrected chi connectivity index (χ3v) is 8.37. The second-order valence-electron chi connectivity index (χ2n) is 12.0. The molecule has 2 heterocycles. The van der Waals surface area contributed by atoms with Gasteiger partial charge < -0.3 is 19.5 Å². The van der Waals surface area contributed by atoms with E-state index in [1.807, 2.05) is 97.9 Å². The molecule has 1 aromatic heterocycles. The Balaban J connectivity index is 1.49. The molecule has 1 N–H and O–H groups in total. The van der Waals surface area contributed by atoms with Crippen molar-refractivity contribution >= 4 is 11.9 Å². The first-order valence-electron chi connectivity index (χ1n) is 16.5. The molecule has 0 atom stereocenters. The summed E-state index contributed by atoms with van der Waals surface area (Å²) in [6, 6.07) is 32.8. The van der Waals surface area contributed by atoms with Gasteiger partial charge in [0, 0.05) is 28.7 Å². The number of allylic oxidation sites excluding steroid dienone is 2. The van der Waals surface area contributed by atoms with Gasteiger partial charge in [-0.1, -0.05) is 85.8 Å². The molecule has 0 spiro atoms. The van der Waals surface area contributed by atoms with Crippen LogP contribution in [-0.4, -0.2) is 28.3 Å². The lowest BCUT2D eigenvalue weighted by atomic mass is 9.79. The summed E-state index contributed by atoms with van der Waals surface area (Å²) < 4.78 is 34.5. The number of carbonyl (C=O) groups excluding carboxylic acids is 2. The van der Waals surface area contributed by atoms with Crippen LogP contribution in [-0.2, 0) is 32.3 Å². The van der Waals surface area contributed by atoms with E-state index in [4.69, 9.17) is 19.3 Å². The fraction of sp³-hybridized carbons (Fsp3) is 0.195. The quantitative estimate of drug-likeness (QED) is 0.134. The lowest BCUT2D eigenvalue weighted by molar-refractivity contribution is -0.141. The highest BCUT2D eigenvalue weighted by Crippen LogP contribution is 2.44. The maximum atomic E-state index is 15.5. The van der Waals surface area contributed by atoms with E-state index in [0.29, 0.717) is 34.8 Å². The molecule has 9 heteroatoms. The summed E-state index contributed by atoms with van der Waals surface area (Å²) in [4.78, 5) is 28.3. The maximum absolute atomic E-state index is 15.5. The zero-order valence-electron chi connectivity index (χ0n) is 28.2. The predicted molar refractivity (Wildman–Crippen MR) is 188 cm³/mol. The summed E-state index contributed by atoms with van der Waals surface area (Å²) in [6.45, 7) is 5.91. The average molecular weight is 672 g/mol. The molecule has 0 fully saturated rings. The van der Waals surface area contributed by atoms with Crippen LogP contribution in [0.25, 0.3) is 16.9 Å². The van der Waals surface area contributed by atoms with Crippen molar-refractivity contribution in [1.29, 1.82) is 0 Å². The van der Waals surface area contributed by atoms with Crippen LogP contribution in [0, 0.1) is 5.82 Å². The number of dihydropyridines is 1. The second kappa shape index (κ2) is 15.5. The van der Waals surface area contributed by atoms with Crippen LogP contribution >= 0.6 is 0 Å². The molecule has 0 amide bonds. The molecule has 0 saturated carbocycles. The Labute approximate surface area is 290 Å². The van der Waals surface area contributed by atoms with Gasteiger partial charge in [0.25, 0.3) is 0 Å². The molecule has 0 saturated heterocycles. The Morgan fingerprint density at radius 2 is 1.32 bits per heavy atom. The van der Waals surface area contributed by atoms with Gasteiger partial charge in [-0.2, -0.15) is 5.10 Å². The summed E-state index contributed by atoms with van der Waals surface area (Å²) in [6.07, 6.45) is 2.50. The highest BCUT2D eigenvalue weighted by molar-refractivity contribution is 6.00. The first-order valence-corrected chi connectivity index (χ1v) is 16.5. The Bertz CT molecular complexity index is 1960. The van der Waals surface area contributed by atoms with E-state index in [1.54, 1.807) is 36.9 Å². The van der Waals surface area contributed by atoms with Gasteiger partial charge in [-0.05, 0) is 61.7 Å². The van der Waals surface area contributed by atoms with Gasteiger partial charge in [0.15, 0.2) is 11.6 Å². The molecule has 0 bridgehead atoms. The SMILES string of the molecule is CCCOc1ccc(-c2nn(-c3ccccc3)cc2C2C(C(=O)OCc3ccccc3)=C(C)NC(C)=C2C(=O)OCc2ccccc2)cc1F. The van der Waals surface area contributed by atoms with Crippen molar-refractivity contribution in [1.82, 2.24) is 15.1 Å². The molecule has 1 aliphatic rings. The number of aromatic nitrogens is 2. The predicted octanol–water partition coefficient (Wildman–Crippen LogP) is 8.19. The van der Waals surface area contributed by atoms with Gasteiger partial charge in [0.2, 0.25) is 0 Å². The Hall–Kier alpha value is -5.96. The summed E-state index contributed by atoms with van der Waals surface area (Å²) in [5.41, 5.74) is 5.14. The standard InChI is InChI=1S/C41H38FN3O5/c1-4-22-48-35-21-20-31(23-34(35)42)39-33(24-45(44-39)32-18-12-7-13-19-32)38-36(40(46)49-25-29-14-8-5-9-15-29)27(2)43-28(3)37(38)41(47)50-26-30-16-10-6-11-17-30/h5-21,23-24,38,43H,4,22,25-26H2,1-3H3. The first kappa shape index (κ1) is 33.9. The number of nitrogens with zero attached hydrogens (tertiary/aromatic N) is 2. The van der Waals surface area contributed by atoms with E-state index in [0.717, 1.165) is 23.2 Å². The average Bonchev–Trinajstić information content (AvgIpc) is 3.59. The highest BCUT2D eigenvalue weighted by atomic mass is 19.1. The van der Waals surface area contributed by atoms with E-state index in [1.165, 1.54) is 6.07 Å². The van der Waals surface area contributed by atoms with Crippen molar-refractivity contribution in [3.63, 3.8) is 0 Å². The molecule has 1 aliphatic heterocycles. The summed E-state index contributed by atoms with van der Waals surface area (Å²) >= 11 is 0. The van der Waals surface area contributed by atoms with Crippen LogP contribution in [0.3, 0.4) is 0 Å². The molecule has 254 valence electrons. The van der Waals surface area contributed by atoms with Gasteiger partial charge in [0.1, 0.15) is 13.2 Å². The molecule has 50 heavy (non-hydrogen) atoms. The highest BCUT2D eigenvalue weighted by Gasteiger charge is 2.40. The molecule has 4 aromatic carbocycles. The molecular weight excluding hydrogens is 633 g/mol. The number of para-hydroxylation sites is 1. The number of nitrogens with one attached hydrogen (secondary N) is 1. The second-order valence-corrected chi connectivity index (χ2v) is 12.0. The topological polar surface area (TPSA) is 91.7 Å². The lowest BCUT2D eigenvalue weighted by Gasteiger charge is -2.30. The van der Waals surface area contributed by atoms with E-state index < -0.39 is 23.7 Å². The van der Waals surface area contributed by atoms with Crippen LogP contribution in [0.15, 0.2) is 138 Å². The molecule has 0 unspecified atom stereocenters. The van der Waals surface area contributed by atoms with Crippen molar-refractivity contribution in [2.45, 2.75) is 46.3 Å². The third kappa shape index (κ3) is 7.52. The van der Waals surface area contributed by atoms with Crippen LogP contribution < -0.4 is 10.1 Å². The zero-order chi connectivity index (χ0) is 35.0. The third-order valence-electron chi connectivity index (χ3n) is 8.37. The van der Waals surface area contributed by atoms with Crippen LogP contribution in [0.2, 0.25) is 0 Å². The number of esters is 2. The van der Waals surface area contributed by atoms with E-state index >= 15 is 4.39 Å². The van der Waals surface area contributed by atoms with Crippen molar-refractivity contribution in [3.05, 3.63) is 160 Å². The molecule has 0 radical (unpaired) electrons. The number of benzene rings is 4. The maximum Gasteiger partial charge on any atom is 0.337 e. The molecule has 5 aromatic rings. The monoisotopic (exact) mass is 671 g/mol. The van der Waals surface area contributed by atoms with Crippen molar-refractivity contribution < 1.29 is 28.2 Å². The minimum Gasteiger partial charge on any atom is -0.491 e. The molecule has 8 nitrogen and oxygen atoms in total. The van der Waals surface area contributed by atoms with Gasteiger partial charge in [-0.25, -0.2) is 18.7 Å². The van der Waals surface area contributed by atoms with E-state index in [-0.39, 0.29) is 30.1 Å². The van der Waals surface area contributed by atoms with Gasteiger partial charge in [0.05, 0.1) is 35.1 Å². The zero-order valence-corrected chi connectivity index (χ0v) is 28.2. The van der Waals surface area contributed by atoms with Crippen LogP contribution in [0.5, 0.6) is 5.75 Å². The Morgan fingerprint density at radius 1 is 0.780 bits per heavy atom. The summed E-state index contributed by atoms with van der Waals surface area (Å²) in [5.74, 6) is -2.63.